The van der Waals surface area contributed by atoms with E-state index in [1.807, 2.05) is 97.1 Å². The molecule has 2 aromatic heterocycles. The molecule has 7 rings (SSSR count). The summed E-state index contributed by atoms with van der Waals surface area (Å²) < 4.78 is 13.0. The van der Waals surface area contributed by atoms with E-state index in [2.05, 4.69) is 20.3 Å². The molecule has 4 aromatic carbocycles. The van der Waals surface area contributed by atoms with Crippen molar-refractivity contribution in [2.75, 3.05) is 5.75 Å². The van der Waals surface area contributed by atoms with Crippen LogP contribution in [0.3, 0.4) is 0 Å². The summed E-state index contributed by atoms with van der Waals surface area (Å²) in [7, 11) is 0. The lowest BCUT2D eigenvalue weighted by Gasteiger charge is -2.36. The number of nitrogens with zero attached hydrogens (tertiary/aromatic N) is 3. The van der Waals surface area contributed by atoms with Crippen LogP contribution in [0.5, 0.6) is 0 Å². The quantitative estimate of drug-likeness (QED) is 0.119. The maximum atomic E-state index is 13.0. The number of carboxylic acid groups (broad SMARTS) is 1. The molecular formula is C40H34N4O6S. The molecule has 0 aliphatic carbocycles. The van der Waals surface area contributed by atoms with Crippen molar-refractivity contribution in [3.05, 3.63) is 155 Å². The fraction of sp³-hybridized carbons (Fsp3) is 0.175. The lowest BCUT2D eigenvalue weighted by molar-refractivity contribution is -0.245. The monoisotopic (exact) mass is 698 g/mol. The molecule has 1 fully saturated rings. The third-order valence-electron chi connectivity index (χ3n) is 8.65. The zero-order valence-corrected chi connectivity index (χ0v) is 28.2. The SMILES string of the molecule is O=C(NCc1ccccc1-c1ccc(C2OC(CSc3ncccc3C(=O)O)CC(c3ccc(CO)cc3)O2)cc1)c1cnc2ccccc2n1. The van der Waals surface area contributed by atoms with Gasteiger partial charge in [-0.15, -0.1) is 11.8 Å². The summed E-state index contributed by atoms with van der Waals surface area (Å²) in [5.41, 5.74) is 7.27. The van der Waals surface area contributed by atoms with Crippen LogP contribution in [0, 0.1) is 0 Å². The second kappa shape index (κ2) is 15.6. The van der Waals surface area contributed by atoms with Gasteiger partial charge in [0.2, 0.25) is 0 Å². The van der Waals surface area contributed by atoms with Crippen molar-refractivity contribution in [1.82, 2.24) is 20.3 Å². The van der Waals surface area contributed by atoms with Gasteiger partial charge in [-0.2, -0.15) is 0 Å². The minimum atomic E-state index is -1.03. The molecule has 51 heavy (non-hydrogen) atoms. The van der Waals surface area contributed by atoms with Gasteiger partial charge < -0.3 is 25.0 Å². The molecule has 3 heterocycles. The fourth-order valence-corrected chi connectivity index (χ4v) is 6.98. The van der Waals surface area contributed by atoms with Crippen LogP contribution in [0.2, 0.25) is 0 Å². The summed E-state index contributed by atoms with van der Waals surface area (Å²) in [6.45, 7) is 0.254. The third-order valence-corrected chi connectivity index (χ3v) is 9.79. The number of aliphatic hydroxyl groups excluding tert-OH is 1. The molecule has 0 radical (unpaired) electrons. The number of aromatic carboxylic acids is 1. The van der Waals surface area contributed by atoms with Crippen LogP contribution >= 0.6 is 11.8 Å². The lowest BCUT2D eigenvalue weighted by Crippen LogP contribution is -2.31. The Balaban J connectivity index is 1.08. The van der Waals surface area contributed by atoms with E-state index in [-0.39, 0.29) is 36.0 Å². The first kappa shape index (κ1) is 34.0. The Morgan fingerprint density at radius 1 is 0.824 bits per heavy atom. The number of benzene rings is 4. The summed E-state index contributed by atoms with van der Waals surface area (Å²) >= 11 is 1.35. The Labute approximate surface area is 298 Å². The number of hydrogen-bond acceptors (Lipinski definition) is 9. The number of amides is 1. The fourth-order valence-electron chi connectivity index (χ4n) is 5.97. The van der Waals surface area contributed by atoms with Crippen LogP contribution in [0.4, 0.5) is 0 Å². The highest BCUT2D eigenvalue weighted by molar-refractivity contribution is 7.99. The number of nitrogens with one attached hydrogen (secondary N) is 1. The molecule has 3 atom stereocenters. The van der Waals surface area contributed by atoms with Gasteiger partial charge in [0.1, 0.15) is 10.7 Å². The first-order valence-corrected chi connectivity index (χ1v) is 17.4. The number of carbonyl (C=O) groups excluding carboxylic acids is 1. The van der Waals surface area contributed by atoms with Crippen LogP contribution in [0.25, 0.3) is 22.2 Å². The summed E-state index contributed by atoms with van der Waals surface area (Å²) in [6.07, 6.45) is 2.39. The van der Waals surface area contributed by atoms with E-state index >= 15 is 0 Å². The maximum absolute atomic E-state index is 13.0. The predicted molar refractivity (Wildman–Crippen MR) is 193 cm³/mol. The highest BCUT2D eigenvalue weighted by atomic mass is 32.2. The number of rotatable bonds is 11. The Morgan fingerprint density at radius 3 is 2.35 bits per heavy atom. The van der Waals surface area contributed by atoms with E-state index < -0.39 is 12.3 Å². The molecule has 256 valence electrons. The van der Waals surface area contributed by atoms with Crippen molar-refractivity contribution in [2.45, 2.75) is 43.1 Å². The van der Waals surface area contributed by atoms with Gasteiger partial charge in [0.05, 0.1) is 41.6 Å². The highest BCUT2D eigenvalue weighted by Gasteiger charge is 2.32. The van der Waals surface area contributed by atoms with Gasteiger partial charge in [-0.25, -0.2) is 14.8 Å². The molecule has 11 heteroatoms. The first-order valence-electron chi connectivity index (χ1n) is 16.4. The zero-order valence-electron chi connectivity index (χ0n) is 27.4. The Hall–Kier alpha value is -5.46. The van der Waals surface area contributed by atoms with E-state index in [1.165, 1.54) is 18.0 Å². The topological polar surface area (TPSA) is 144 Å². The van der Waals surface area contributed by atoms with Crippen molar-refractivity contribution in [2.24, 2.45) is 0 Å². The van der Waals surface area contributed by atoms with Crippen molar-refractivity contribution in [1.29, 1.82) is 0 Å². The molecular weight excluding hydrogens is 665 g/mol. The molecule has 1 amide bonds. The number of ether oxygens (including phenoxy) is 2. The number of carbonyl (C=O) groups is 2. The minimum absolute atomic E-state index is 0.0478. The van der Waals surface area contributed by atoms with Gasteiger partial charge in [-0.05, 0) is 52.1 Å². The largest absolute Gasteiger partial charge is 0.478 e. The number of thioether (sulfide) groups is 1. The minimum Gasteiger partial charge on any atom is -0.478 e. The average Bonchev–Trinajstić information content (AvgIpc) is 3.19. The summed E-state index contributed by atoms with van der Waals surface area (Å²) in [5, 5.41) is 22.6. The summed E-state index contributed by atoms with van der Waals surface area (Å²) in [5.74, 6) is -0.855. The van der Waals surface area contributed by atoms with Crippen LogP contribution in [0.1, 0.15) is 61.9 Å². The first-order chi connectivity index (χ1) is 24.9. The van der Waals surface area contributed by atoms with Gasteiger partial charge >= 0.3 is 5.97 Å². The number of aliphatic hydroxyl groups is 1. The number of hydrogen-bond donors (Lipinski definition) is 3. The summed E-state index contributed by atoms with van der Waals surface area (Å²) in [4.78, 5) is 37.9. The number of carboxylic acids is 1. The van der Waals surface area contributed by atoms with Crippen LogP contribution in [0.15, 0.2) is 127 Å². The molecule has 1 saturated heterocycles. The van der Waals surface area contributed by atoms with Crippen LogP contribution in [-0.4, -0.2) is 48.9 Å². The van der Waals surface area contributed by atoms with Gasteiger partial charge in [0, 0.05) is 30.5 Å². The number of fused-ring (bicyclic) bond motifs is 1. The van der Waals surface area contributed by atoms with Gasteiger partial charge in [0.15, 0.2) is 6.29 Å². The second-order valence-corrected chi connectivity index (χ2v) is 13.0. The van der Waals surface area contributed by atoms with Crippen molar-refractivity contribution < 1.29 is 29.3 Å². The lowest BCUT2D eigenvalue weighted by atomic mass is 9.97. The van der Waals surface area contributed by atoms with Crippen molar-refractivity contribution in [3.63, 3.8) is 0 Å². The van der Waals surface area contributed by atoms with Crippen LogP contribution in [-0.2, 0) is 22.6 Å². The molecule has 0 saturated carbocycles. The molecule has 6 aromatic rings. The summed E-state index contributed by atoms with van der Waals surface area (Å²) in [6, 6.07) is 34.1. The Kier molecular flexibility index (Phi) is 10.4. The molecule has 1 aliphatic heterocycles. The van der Waals surface area contributed by atoms with Gasteiger partial charge in [-0.3, -0.25) is 9.78 Å². The Bertz CT molecular complexity index is 2160. The van der Waals surface area contributed by atoms with Crippen LogP contribution < -0.4 is 5.32 Å². The zero-order chi connectivity index (χ0) is 35.2. The predicted octanol–water partition coefficient (Wildman–Crippen LogP) is 7.15. The van der Waals surface area contributed by atoms with E-state index in [1.54, 1.807) is 18.3 Å². The number of pyridine rings is 1. The average molecular weight is 699 g/mol. The Morgan fingerprint density at radius 2 is 1.57 bits per heavy atom. The highest BCUT2D eigenvalue weighted by Crippen LogP contribution is 2.40. The standard InChI is InChI=1S/C40H34N4O6S/c45-23-25-11-13-27(14-12-25)36-20-30(24-51-38-32(39(47)48)8-5-19-41-38)49-40(50-36)28-17-15-26(16-18-28)31-7-2-1-6-29(31)21-43-37(46)35-22-42-33-9-3-4-10-34(33)44-35/h1-19,22,30,36,40,45H,20-21,23-24H2,(H,43,46)(H,47,48). The molecule has 10 nitrogen and oxygen atoms in total. The van der Waals surface area contributed by atoms with Crippen molar-refractivity contribution >= 4 is 34.7 Å². The second-order valence-electron chi connectivity index (χ2n) is 12.0. The van der Waals surface area contributed by atoms with E-state index in [9.17, 15) is 19.8 Å². The van der Waals surface area contributed by atoms with Crippen molar-refractivity contribution in [3.8, 4) is 11.1 Å². The number of aromatic nitrogens is 3. The molecule has 1 aliphatic rings. The number of para-hydroxylation sites is 2. The van der Waals surface area contributed by atoms with E-state index in [0.29, 0.717) is 29.3 Å². The smallest absolute Gasteiger partial charge is 0.338 e. The third kappa shape index (κ3) is 7.97. The van der Waals surface area contributed by atoms with Gasteiger partial charge in [0.25, 0.3) is 5.91 Å². The van der Waals surface area contributed by atoms with E-state index in [0.717, 1.165) is 38.9 Å². The molecule has 3 unspecified atom stereocenters. The normalized spacial score (nSPS) is 17.2. The molecule has 3 N–H and O–H groups in total. The van der Waals surface area contributed by atoms with Gasteiger partial charge in [-0.1, -0.05) is 84.9 Å². The molecule has 0 spiro atoms. The maximum Gasteiger partial charge on any atom is 0.338 e. The van der Waals surface area contributed by atoms with E-state index in [4.69, 9.17) is 9.47 Å². The molecule has 0 bridgehead atoms.